The van der Waals surface area contributed by atoms with Crippen molar-refractivity contribution < 1.29 is 9.18 Å². The van der Waals surface area contributed by atoms with Crippen molar-refractivity contribution in [2.24, 2.45) is 0 Å². The topological polar surface area (TPSA) is 54.0 Å². The van der Waals surface area contributed by atoms with Gasteiger partial charge in [0.25, 0.3) is 5.91 Å². The standard InChI is InChI=1S/C21H20FN3O/c1-14(2)15-5-9-18(10-6-15)25-21(26)19-4-3-13-23-20(19)24-17-11-7-16(22)8-12-17/h3-14H,1-2H3,(H,23,24)(H,25,26). The number of benzene rings is 2. The maximum Gasteiger partial charge on any atom is 0.259 e. The van der Waals surface area contributed by atoms with Crippen LogP contribution in [-0.2, 0) is 0 Å². The van der Waals surface area contributed by atoms with Crippen molar-refractivity contribution in [3.8, 4) is 0 Å². The summed E-state index contributed by atoms with van der Waals surface area (Å²) in [7, 11) is 0. The second-order valence-corrected chi connectivity index (χ2v) is 6.26. The maximum absolute atomic E-state index is 13.0. The van der Waals surface area contributed by atoms with E-state index in [1.54, 1.807) is 30.5 Å². The van der Waals surface area contributed by atoms with E-state index in [9.17, 15) is 9.18 Å². The lowest BCUT2D eigenvalue weighted by molar-refractivity contribution is 0.102. The largest absolute Gasteiger partial charge is 0.340 e. The summed E-state index contributed by atoms with van der Waals surface area (Å²) >= 11 is 0. The van der Waals surface area contributed by atoms with Crippen LogP contribution in [0.4, 0.5) is 21.6 Å². The van der Waals surface area contributed by atoms with E-state index in [-0.39, 0.29) is 11.7 Å². The van der Waals surface area contributed by atoms with Gasteiger partial charge in [-0.1, -0.05) is 26.0 Å². The van der Waals surface area contributed by atoms with E-state index in [1.807, 2.05) is 24.3 Å². The summed E-state index contributed by atoms with van der Waals surface area (Å²) < 4.78 is 13.0. The molecule has 2 aromatic carbocycles. The van der Waals surface area contributed by atoms with E-state index in [4.69, 9.17) is 0 Å². The molecule has 0 saturated heterocycles. The molecule has 3 rings (SSSR count). The molecule has 26 heavy (non-hydrogen) atoms. The molecular weight excluding hydrogens is 329 g/mol. The molecule has 0 unspecified atom stereocenters. The SMILES string of the molecule is CC(C)c1ccc(NC(=O)c2cccnc2Nc2ccc(F)cc2)cc1. The van der Waals surface area contributed by atoms with Crippen LogP contribution in [0.1, 0.15) is 35.7 Å². The predicted molar refractivity (Wildman–Crippen MR) is 102 cm³/mol. The Morgan fingerprint density at radius 2 is 1.62 bits per heavy atom. The number of halogens is 1. The van der Waals surface area contributed by atoms with Crippen molar-refractivity contribution in [2.45, 2.75) is 19.8 Å². The lowest BCUT2D eigenvalue weighted by Gasteiger charge is -2.12. The molecule has 3 aromatic rings. The second kappa shape index (κ2) is 7.78. The smallest absolute Gasteiger partial charge is 0.259 e. The Labute approximate surface area is 152 Å². The Morgan fingerprint density at radius 1 is 0.962 bits per heavy atom. The predicted octanol–water partition coefficient (Wildman–Crippen LogP) is 5.34. The molecule has 5 heteroatoms. The fourth-order valence-electron chi connectivity index (χ4n) is 2.51. The van der Waals surface area contributed by atoms with E-state index in [0.29, 0.717) is 23.0 Å². The third-order valence-corrected chi connectivity index (χ3v) is 3.99. The molecule has 132 valence electrons. The summed E-state index contributed by atoms with van der Waals surface area (Å²) in [6, 6.07) is 17.0. The van der Waals surface area contributed by atoms with Gasteiger partial charge < -0.3 is 10.6 Å². The van der Waals surface area contributed by atoms with Gasteiger partial charge in [0.05, 0.1) is 5.56 Å². The number of carbonyl (C=O) groups excluding carboxylic acids is 1. The van der Waals surface area contributed by atoms with Crippen molar-refractivity contribution in [3.63, 3.8) is 0 Å². The first-order chi connectivity index (χ1) is 12.5. The van der Waals surface area contributed by atoms with Crippen molar-refractivity contribution in [2.75, 3.05) is 10.6 Å². The third-order valence-electron chi connectivity index (χ3n) is 3.99. The highest BCUT2D eigenvalue weighted by Crippen LogP contribution is 2.21. The molecule has 0 aliphatic heterocycles. The zero-order valence-electron chi connectivity index (χ0n) is 14.7. The summed E-state index contributed by atoms with van der Waals surface area (Å²) in [6.45, 7) is 4.24. The van der Waals surface area contributed by atoms with Gasteiger partial charge in [0.1, 0.15) is 11.6 Å². The number of rotatable bonds is 5. The van der Waals surface area contributed by atoms with Crippen LogP contribution < -0.4 is 10.6 Å². The van der Waals surface area contributed by atoms with Crippen LogP contribution in [0.3, 0.4) is 0 Å². The first kappa shape index (κ1) is 17.6. The van der Waals surface area contributed by atoms with Gasteiger partial charge >= 0.3 is 0 Å². The molecule has 2 N–H and O–H groups in total. The summed E-state index contributed by atoms with van der Waals surface area (Å²) in [6.07, 6.45) is 1.60. The number of hydrogen-bond donors (Lipinski definition) is 2. The first-order valence-corrected chi connectivity index (χ1v) is 8.42. The van der Waals surface area contributed by atoms with Gasteiger partial charge in [0.15, 0.2) is 0 Å². The zero-order valence-corrected chi connectivity index (χ0v) is 14.7. The molecule has 4 nitrogen and oxygen atoms in total. The normalized spacial score (nSPS) is 10.6. The minimum atomic E-state index is -0.320. The molecule has 0 spiro atoms. The zero-order chi connectivity index (χ0) is 18.5. The quantitative estimate of drug-likeness (QED) is 0.654. The highest BCUT2D eigenvalue weighted by Gasteiger charge is 2.13. The van der Waals surface area contributed by atoms with Crippen LogP contribution in [0.15, 0.2) is 66.9 Å². The van der Waals surface area contributed by atoms with E-state index in [2.05, 4.69) is 29.5 Å². The van der Waals surface area contributed by atoms with Crippen LogP contribution in [0.25, 0.3) is 0 Å². The van der Waals surface area contributed by atoms with E-state index in [0.717, 1.165) is 5.69 Å². The average Bonchev–Trinajstić information content (AvgIpc) is 2.64. The molecular formula is C21H20FN3O. The Balaban J connectivity index is 1.78. The third kappa shape index (κ3) is 4.25. The van der Waals surface area contributed by atoms with Crippen LogP contribution >= 0.6 is 0 Å². The van der Waals surface area contributed by atoms with Crippen LogP contribution in [0.2, 0.25) is 0 Å². The lowest BCUT2D eigenvalue weighted by Crippen LogP contribution is -2.14. The molecule has 0 aliphatic carbocycles. The van der Waals surface area contributed by atoms with Crippen molar-refractivity contribution in [3.05, 3.63) is 83.8 Å². The Hall–Kier alpha value is -3.21. The molecule has 0 fully saturated rings. The summed E-state index contributed by atoms with van der Waals surface area (Å²) in [5.74, 6) is 0.263. The number of carbonyl (C=O) groups is 1. The molecule has 0 radical (unpaired) electrons. The first-order valence-electron chi connectivity index (χ1n) is 8.42. The number of aromatic nitrogens is 1. The van der Waals surface area contributed by atoms with Crippen molar-refractivity contribution in [1.29, 1.82) is 0 Å². The van der Waals surface area contributed by atoms with Crippen LogP contribution in [0.5, 0.6) is 0 Å². The Bertz CT molecular complexity index is 890. The molecule has 0 atom stereocenters. The Morgan fingerprint density at radius 3 is 2.27 bits per heavy atom. The molecule has 1 amide bonds. The maximum atomic E-state index is 13.0. The molecule has 0 saturated carbocycles. The molecule has 0 bridgehead atoms. The highest BCUT2D eigenvalue weighted by molar-refractivity contribution is 6.07. The fraction of sp³-hybridized carbons (Fsp3) is 0.143. The summed E-state index contributed by atoms with van der Waals surface area (Å²) in [5, 5.41) is 5.93. The van der Waals surface area contributed by atoms with E-state index >= 15 is 0 Å². The summed E-state index contributed by atoms with van der Waals surface area (Å²) in [4.78, 5) is 16.9. The number of hydrogen-bond acceptors (Lipinski definition) is 3. The molecule has 1 heterocycles. The van der Waals surface area contributed by atoms with Gasteiger partial charge in [-0.15, -0.1) is 0 Å². The van der Waals surface area contributed by atoms with Gasteiger partial charge in [0.2, 0.25) is 0 Å². The molecule has 0 aliphatic rings. The van der Waals surface area contributed by atoms with Crippen molar-refractivity contribution in [1.82, 2.24) is 4.98 Å². The lowest BCUT2D eigenvalue weighted by atomic mass is 10.0. The average molecular weight is 349 g/mol. The van der Waals surface area contributed by atoms with Crippen LogP contribution in [0, 0.1) is 5.82 Å². The van der Waals surface area contributed by atoms with E-state index in [1.165, 1.54) is 17.7 Å². The molecule has 1 aromatic heterocycles. The minimum absolute atomic E-state index is 0.264. The number of amides is 1. The second-order valence-electron chi connectivity index (χ2n) is 6.26. The van der Waals surface area contributed by atoms with E-state index < -0.39 is 0 Å². The summed E-state index contributed by atoms with van der Waals surface area (Å²) in [5.41, 5.74) is 2.99. The number of nitrogens with zero attached hydrogens (tertiary/aromatic N) is 1. The van der Waals surface area contributed by atoms with Gasteiger partial charge in [-0.2, -0.15) is 0 Å². The Kier molecular flexibility index (Phi) is 5.27. The van der Waals surface area contributed by atoms with Gasteiger partial charge in [-0.05, 0) is 60.0 Å². The monoisotopic (exact) mass is 349 g/mol. The number of nitrogens with one attached hydrogen (secondary N) is 2. The highest BCUT2D eigenvalue weighted by atomic mass is 19.1. The minimum Gasteiger partial charge on any atom is -0.340 e. The number of anilines is 3. The van der Waals surface area contributed by atoms with Crippen LogP contribution in [-0.4, -0.2) is 10.9 Å². The number of pyridine rings is 1. The van der Waals surface area contributed by atoms with Gasteiger partial charge in [-0.25, -0.2) is 9.37 Å². The van der Waals surface area contributed by atoms with Crippen molar-refractivity contribution >= 4 is 23.1 Å². The van der Waals surface area contributed by atoms with Gasteiger partial charge in [0, 0.05) is 17.6 Å². The fourth-order valence-corrected chi connectivity index (χ4v) is 2.51. The van der Waals surface area contributed by atoms with Gasteiger partial charge in [-0.3, -0.25) is 4.79 Å².